The molecule has 2 aliphatic heterocycles. The van der Waals surface area contributed by atoms with Gasteiger partial charge in [-0.05, 0) is 25.2 Å². The Labute approximate surface area is 125 Å². The minimum absolute atomic E-state index is 0.452. The summed E-state index contributed by atoms with van der Waals surface area (Å²) >= 11 is 0. The summed E-state index contributed by atoms with van der Waals surface area (Å²) in [7, 11) is 1.62. The number of rotatable bonds is 5. The van der Waals surface area contributed by atoms with E-state index >= 15 is 0 Å². The van der Waals surface area contributed by atoms with Gasteiger partial charge in [-0.2, -0.15) is 4.98 Å². The average Bonchev–Trinajstić information content (AvgIpc) is 3.02. The van der Waals surface area contributed by atoms with Crippen molar-refractivity contribution in [2.45, 2.75) is 25.3 Å². The number of nitrogens with zero attached hydrogens (tertiary/aromatic N) is 3. The molecule has 0 saturated carbocycles. The lowest BCUT2D eigenvalue weighted by molar-refractivity contribution is 0.154. The Kier molecular flexibility index (Phi) is 4.87. The number of nitrogens with one attached hydrogen (secondary N) is 1. The molecule has 1 N–H and O–H groups in total. The van der Waals surface area contributed by atoms with Crippen LogP contribution in [-0.2, 0) is 4.74 Å². The molecule has 1 aromatic rings. The topological polar surface area (TPSA) is 59.5 Å². The van der Waals surface area contributed by atoms with Gasteiger partial charge >= 0.3 is 0 Å². The van der Waals surface area contributed by atoms with Crippen LogP contribution >= 0.6 is 0 Å². The Morgan fingerprint density at radius 1 is 1.38 bits per heavy atom. The Hall–Kier alpha value is -1.40. The van der Waals surface area contributed by atoms with E-state index in [1.54, 1.807) is 19.4 Å². The van der Waals surface area contributed by atoms with Crippen molar-refractivity contribution < 1.29 is 9.47 Å². The van der Waals surface area contributed by atoms with Crippen molar-refractivity contribution in [1.29, 1.82) is 0 Å². The van der Waals surface area contributed by atoms with Crippen molar-refractivity contribution in [2.24, 2.45) is 5.92 Å². The molecule has 3 rings (SSSR count). The van der Waals surface area contributed by atoms with Gasteiger partial charge in [-0.1, -0.05) is 0 Å². The quantitative estimate of drug-likeness (QED) is 0.885. The van der Waals surface area contributed by atoms with Gasteiger partial charge in [0.05, 0.1) is 13.7 Å². The monoisotopic (exact) mass is 292 g/mol. The van der Waals surface area contributed by atoms with Crippen LogP contribution in [0.25, 0.3) is 0 Å². The molecule has 116 valence electrons. The number of hydrogen-bond donors (Lipinski definition) is 1. The van der Waals surface area contributed by atoms with Crippen LogP contribution in [0.2, 0.25) is 0 Å². The number of methoxy groups -OCH3 is 1. The second kappa shape index (κ2) is 7.04. The zero-order chi connectivity index (χ0) is 14.5. The minimum Gasteiger partial charge on any atom is -0.481 e. The van der Waals surface area contributed by atoms with E-state index < -0.39 is 0 Å². The van der Waals surface area contributed by atoms with Gasteiger partial charge in [0, 0.05) is 44.5 Å². The third kappa shape index (κ3) is 4.04. The summed E-state index contributed by atoms with van der Waals surface area (Å²) in [5.74, 6) is 2.00. The highest BCUT2D eigenvalue weighted by molar-refractivity contribution is 5.28. The van der Waals surface area contributed by atoms with Crippen LogP contribution in [0.3, 0.4) is 0 Å². The maximum absolute atomic E-state index is 5.45. The van der Waals surface area contributed by atoms with Gasteiger partial charge in [0.1, 0.15) is 0 Å². The minimum atomic E-state index is 0.452. The number of hydrogen-bond acceptors (Lipinski definition) is 6. The van der Waals surface area contributed by atoms with Gasteiger partial charge in [-0.25, -0.2) is 4.98 Å². The molecule has 0 spiro atoms. The first-order valence-corrected chi connectivity index (χ1v) is 7.77. The van der Waals surface area contributed by atoms with Gasteiger partial charge in [0.25, 0.3) is 0 Å². The molecule has 1 aromatic heterocycles. The van der Waals surface area contributed by atoms with Gasteiger partial charge in [0.2, 0.25) is 11.8 Å². The Morgan fingerprint density at radius 2 is 2.24 bits per heavy atom. The summed E-state index contributed by atoms with van der Waals surface area (Å²) < 4.78 is 10.6. The molecular formula is C15H24N4O2. The van der Waals surface area contributed by atoms with Crippen molar-refractivity contribution in [3.8, 4) is 5.88 Å². The van der Waals surface area contributed by atoms with E-state index in [-0.39, 0.29) is 0 Å². The fraction of sp³-hybridized carbons (Fsp3) is 0.733. The smallest absolute Gasteiger partial charge is 0.226 e. The van der Waals surface area contributed by atoms with Crippen molar-refractivity contribution in [1.82, 2.24) is 14.9 Å². The van der Waals surface area contributed by atoms with Crippen molar-refractivity contribution in [2.75, 3.05) is 45.3 Å². The lowest BCUT2D eigenvalue weighted by atomic mass is 10.0. The first-order chi connectivity index (χ1) is 10.3. The third-order valence-electron chi connectivity index (χ3n) is 4.30. The number of likely N-dealkylation sites (tertiary alicyclic amines) is 1. The molecule has 0 bridgehead atoms. The summed E-state index contributed by atoms with van der Waals surface area (Å²) in [5.41, 5.74) is 0. The number of piperidine rings is 1. The molecule has 0 amide bonds. The Bertz CT molecular complexity index is 443. The zero-order valence-corrected chi connectivity index (χ0v) is 12.6. The van der Waals surface area contributed by atoms with E-state index in [0.717, 1.165) is 45.1 Å². The molecule has 2 aliphatic rings. The molecule has 2 saturated heterocycles. The van der Waals surface area contributed by atoms with Crippen LogP contribution in [0.5, 0.6) is 5.88 Å². The number of aromatic nitrogens is 2. The van der Waals surface area contributed by atoms with Crippen LogP contribution in [-0.4, -0.2) is 60.9 Å². The van der Waals surface area contributed by atoms with Crippen LogP contribution < -0.4 is 10.1 Å². The summed E-state index contributed by atoms with van der Waals surface area (Å²) in [5, 5.41) is 3.42. The molecule has 0 aromatic carbocycles. The van der Waals surface area contributed by atoms with E-state index in [1.165, 1.54) is 13.0 Å². The number of anilines is 1. The SMILES string of the molecule is COc1ccnc(NC2CCN(CC3CCOC3)CC2)n1. The molecule has 1 atom stereocenters. The normalized spacial score (nSPS) is 24.1. The lowest BCUT2D eigenvalue weighted by Crippen LogP contribution is -2.41. The summed E-state index contributed by atoms with van der Waals surface area (Å²) in [4.78, 5) is 11.1. The maximum Gasteiger partial charge on any atom is 0.226 e. The van der Waals surface area contributed by atoms with E-state index in [1.807, 2.05) is 0 Å². The second-order valence-electron chi connectivity index (χ2n) is 5.87. The number of ether oxygens (including phenoxy) is 2. The highest BCUT2D eigenvalue weighted by Crippen LogP contribution is 2.19. The maximum atomic E-state index is 5.45. The van der Waals surface area contributed by atoms with Gasteiger partial charge in [-0.15, -0.1) is 0 Å². The fourth-order valence-corrected chi connectivity index (χ4v) is 3.06. The Balaban J connectivity index is 1.44. The van der Waals surface area contributed by atoms with E-state index in [0.29, 0.717) is 17.9 Å². The molecule has 2 fully saturated rings. The van der Waals surface area contributed by atoms with Gasteiger partial charge in [0.15, 0.2) is 0 Å². The summed E-state index contributed by atoms with van der Waals surface area (Å²) in [6.45, 7) is 5.34. The molecular weight excluding hydrogens is 268 g/mol. The molecule has 6 heteroatoms. The highest BCUT2D eigenvalue weighted by atomic mass is 16.5. The largest absolute Gasteiger partial charge is 0.481 e. The highest BCUT2D eigenvalue weighted by Gasteiger charge is 2.24. The second-order valence-corrected chi connectivity index (χ2v) is 5.87. The first kappa shape index (κ1) is 14.5. The molecule has 0 aliphatic carbocycles. The molecule has 6 nitrogen and oxygen atoms in total. The van der Waals surface area contributed by atoms with Gasteiger partial charge in [-0.3, -0.25) is 0 Å². The van der Waals surface area contributed by atoms with Crippen LogP contribution in [0.4, 0.5) is 5.95 Å². The lowest BCUT2D eigenvalue weighted by Gasteiger charge is -2.33. The van der Waals surface area contributed by atoms with Crippen molar-refractivity contribution >= 4 is 5.95 Å². The van der Waals surface area contributed by atoms with Crippen LogP contribution in [0.15, 0.2) is 12.3 Å². The zero-order valence-electron chi connectivity index (χ0n) is 12.6. The van der Waals surface area contributed by atoms with Crippen molar-refractivity contribution in [3.63, 3.8) is 0 Å². The predicted octanol–water partition coefficient (Wildman–Crippen LogP) is 1.40. The Morgan fingerprint density at radius 3 is 2.95 bits per heavy atom. The predicted molar refractivity (Wildman–Crippen MR) is 80.6 cm³/mol. The average molecular weight is 292 g/mol. The van der Waals surface area contributed by atoms with E-state index in [4.69, 9.17) is 9.47 Å². The van der Waals surface area contributed by atoms with Gasteiger partial charge < -0.3 is 19.7 Å². The first-order valence-electron chi connectivity index (χ1n) is 7.77. The van der Waals surface area contributed by atoms with Crippen LogP contribution in [0, 0.1) is 5.92 Å². The third-order valence-corrected chi connectivity index (χ3v) is 4.30. The molecule has 21 heavy (non-hydrogen) atoms. The van der Waals surface area contributed by atoms with Crippen LogP contribution in [0.1, 0.15) is 19.3 Å². The molecule has 0 radical (unpaired) electrons. The standard InChI is InChI=1S/C15H24N4O2/c1-20-14-2-6-16-15(18-14)17-13-3-7-19(8-4-13)10-12-5-9-21-11-12/h2,6,12-13H,3-5,7-11H2,1H3,(H,16,17,18). The summed E-state index contributed by atoms with van der Waals surface area (Å²) in [6, 6.07) is 2.21. The van der Waals surface area contributed by atoms with E-state index in [9.17, 15) is 0 Å². The van der Waals surface area contributed by atoms with Crippen molar-refractivity contribution in [3.05, 3.63) is 12.3 Å². The molecule has 1 unspecified atom stereocenters. The fourth-order valence-electron chi connectivity index (χ4n) is 3.06. The molecule has 3 heterocycles. The summed E-state index contributed by atoms with van der Waals surface area (Å²) in [6.07, 6.45) is 5.21. The van der Waals surface area contributed by atoms with E-state index in [2.05, 4.69) is 20.2 Å².